The Hall–Kier alpha value is -6.66. The van der Waals surface area contributed by atoms with Crippen LogP contribution in [0.2, 0.25) is 0 Å². The Morgan fingerprint density at radius 1 is 0.738 bits per heavy atom. The average Bonchev–Trinajstić information content (AvgIpc) is 4.10. The first-order valence-corrected chi connectivity index (χ1v) is 24.0. The first-order valence-electron chi connectivity index (χ1n) is 22.4. The third-order valence-electron chi connectivity index (χ3n) is 11.8. The van der Waals surface area contributed by atoms with E-state index in [4.69, 9.17) is 11.3 Å². The molecule has 0 saturated heterocycles. The molecule has 0 atom stereocenters. The highest BCUT2D eigenvalue weighted by Crippen LogP contribution is 2.49. The van der Waals surface area contributed by atoms with Gasteiger partial charge in [-0.15, -0.1) is 22.7 Å². The number of nitriles is 1. The van der Waals surface area contributed by atoms with Crippen molar-refractivity contribution in [3.63, 3.8) is 0 Å². The maximum Gasteiger partial charge on any atom is 0.333 e. The zero-order valence-corrected chi connectivity index (χ0v) is 39.4. The maximum absolute atomic E-state index is 12.2. The van der Waals surface area contributed by atoms with E-state index in [-0.39, 0.29) is 16.9 Å². The first kappa shape index (κ1) is 46.3. The summed E-state index contributed by atoms with van der Waals surface area (Å²) in [7, 11) is 0. The fraction of sp³-hybridized carbons (Fsp3) is 0.296. The molecule has 65 heavy (non-hydrogen) atoms. The number of aliphatic carboxylic acids is 1. The van der Waals surface area contributed by atoms with Gasteiger partial charge in [0.25, 0.3) is 12.2 Å². The molecule has 0 fully saturated rings. The predicted octanol–water partition coefficient (Wildman–Crippen LogP) is 15.4. The summed E-state index contributed by atoms with van der Waals surface area (Å²) in [4.78, 5) is 31.4. The van der Waals surface area contributed by atoms with Gasteiger partial charge in [-0.2, -0.15) is 5.26 Å². The molecule has 4 aromatic heterocycles. The number of nitrogens with zero attached hydrogens (tertiary/aromatic N) is 5. The van der Waals surface area contributed by atoms with Gasteiger partial charge in [-0.3, -0.25) is 14.5 Å². The Labute approximate surface area is 390 Å². The van der Waals surface area contributed by atoms with E-state index < -0.39 is 5.97 Å². The van der Waals surface area contributed by atoms with E-state index in [1.807, 2.05) is 36.4 Å². The fourth-order valence-corrected chi connectivity index (χ4v) is 10.8. The van der Waals surface area contributed by atoms with Crippen molar-refractivity contribution in [2.75, 3.05) is 4.90 Å². The molecule has 0 bridgehead atoms. The first-order chi connectivity index (χ1) is 31.5. The average molecular weight is 902 g/mol. The number of allylic oxidation sites excluding steroid dienone is 1. The van der Waals surface area contributed by atoms with Gasteiger partial charge < -0.3 is 19.0 Å². The number of anilines is 3. The van der Waals surface area contributed by atoms with Crippen molar-refractivity contribution in [3.05, 3.63) is 137 Å². The Kier molecular flexibility index (Phi) is 14.9. The molecule has 0 amide bonds. The number of carboxylic acids is 1. The quantitative estimate of drug-likeness (QED) is 0.0204. The second-order valence-electron chi connectivity index (χ2n) is 17.2. The Balaban J connectivity index is 1.41. The van der Waals surface area contributed by atoms with Gasteiger partial charge in [0.15, 0.2) is 0 Å². The van der Waals surface area contributed by atoms with Gasteiger partial charge in [0.05, 0.1) is 33.4 Å². The standard InChI is InChI=1S/C54H55N5O4S2/c1-7-9-11-17-31-57-45(33-39(35-55)63-36-60)40-19-13-15-21-42(40)51(57)47-27-29-49(64-47)59(38-25-23-37(24-26-38)54(3,4)5)50-30-28-48(65-50)52-43-22-16-14-20-41(43)46(34-44(56-6)53(61)62)58(52)32-18-12-10-8-2/h13-16,19-30,33-34,36H,7-12,17-18,31-32H2,1-5H3,(H,61,62)/b39-33+,44-34-. The highest BCUT2D eigenvalue weighted by atomic mass is 32.1. The van der Waals surface area contributed by atoms with Crippen LogP contribution in [0.15, 0.2) is 109 Å². The number of carboxylic acid groups (broad SMARTS) is 1. The Bertz CT molecular complexity index is 2960. The van der Waals surface area contributed by atoms with Crippen molar-refractivity contribution in [3.8, 4) is 27.2 Å². The van der Waals surface area contributed by atoms with Crippen molar-refractivity contribution in [1.82, 2.24) is 9.13 Å². The minimum Gasteiger partial charge on any atom is -0.486 e. The van der Waals surface area contributed by atoms with E-state index in [0.29, 0.717) is 13.0 Å². The number of carbonyl (C=O) groups excluding carboxylic acids is 1. The van der Waals surface area contributed by atoms with Gasteiger partial charge in [0.1, 0.15) is 16.1 Å². The van der Waals surface area contributed by atoms with Crippen molar-refractivity contribution in [2.45, 2.75) is 104 Å². The number of carbonyl (C=O) groups is 2. The molecular weight excluding hydrogens is 847 g/mol. The molecule has 0 aliphatic heterocycles. The number of hydrogen-bond acceptors (Lipinski definition) is 7. The minimum atomic E-state index is -1.24. The molecule has 0 radical (unpaired) electrons. The van der Waals surface area contributed by atoms with Gasteiger partial charge in [-0.1, -0.05) is 134 Å². The summed E-state index contributed by atoms with van der Waals surface area (Å²) in [6.07, 6.45) is 11.6. The molecule has 0 spiro atoms. The van der Waals surface area contributed by atoms with E-state index in [9.17, 15) is 20.0 Å². The van der Waals surface area contributed by atoms with Crippen LogP contribution in [0.5, 0.6) is 0 Å². The summed E-state index contributed by atoms with van der Waals surface area (Å²) in [5.41, 5.74) is 5.50. The monoisotopic (exact) mass is 901 g/mol. The van der Waals surface area contributed by atoms with Crippen molar-refractivity contribution in [1.29, 1.82) is 5.26 Å². The number of benzene rings is 3. The number of unbranched alkanes of at least 4 members (excludes halogenated alkanes) is 6. The van der Waals surface area contributed by atoms with Crippen LogP contribution in [0.25, 0.3) is 59.7 Å². The van der Waals surface area contributed by atoms with Crippen LogP contribution in [-0.4, -0.2) is 26.7 Å². The summed E-state index contributed by atoms with van der Waals surface area (Å²) >= 11 is 3.38. The lowest BCUT2D eigenvalue weighted by Crippen LogP contribution is -2.12. The van der Waals surface area contributed by atoms with Gasteiger partial charge in [-0.05, 0) is 66.3 Å². The predicted molar refractivity (Wildman–Crippen MR) is 269 cm³/mol. The number of fused-ring (bicyclic) bond motifs is 2. The summed E-state index contributed by atoms with van der Waals surface area (Å²) in [6, 6.07) is 35.8. The van der Waals surface area contributed by atoms with Crippen molar-refractivity contribution >= 4 is 84.5 Å². The lowest BCUT2D eigenvalue weighted by atomic mass is 9.87. The third-order valence-corrected chi connectivity index (χ3v) is 13.9. The van der Waals surface area contributed by atoms with Crippen LogP contribution in [0.4, 0.5) is 15.7 Å². The van der Waals surface area contributed by atoms with Gasteiger partial charge in [0, 0.05) is 52.1 Å². The molecule has 4 heterocycles. The molecule has 11 heteroatoms. The zero-order valence-electron chi connectivity index (χ0n) is 37.8. The van der Waals surface area contributed by atoms with E-state index in [0.717, 1.165) is 128 Å². The van der Waals surface area contributed by atoms with E-state index in [2.05, 4.69) is 120 Å². The largest absolute Gasteiger partial charge is 0.486 e. The molecule has 0 saturated carbocycles. The number of thiophene rings is 2. The molecule has 1 N–H and O–H groups in total. The fourth-order valence-electron chi connectivity index (χ4n) is 8.51. The summed E-state index contributed by atoms with van der Waals surface area (Å²) in [5.74, 6) is -1.30. The molecule has 7 rings (SSSR count). The minimum absolute atomic E-state index is 0.0308. The molecule has 0 aliphatic rings. The lowest BCUT2D eigenvalue weighted by Gasteiger charge is -2.24. The summed E-state index contributed by atoms with van der Waals surface area (Å²) in [5, 5.41) is 25.8. The molecule has 9 nitrogen and oxygen atoms in total. The number of aromatic nitrogens is 2. The van der Waals surface area contributed by atoms with Crippen LogP contribution < -0.4 is 4.90 Å². The van der Waals surface area contributed by atoms with Gasteiger partial charge >= 0.3 is 5.97 Å². The van der Waals surface area contributed by atoms with Crippen LogP contribution in [-0.2, 0) is 32.8 Å². The molecule has 332 valence electrons. The van der Waals surface area contributed by atoms with Crippen LogP contribution in [0, 0.1) is 17.9 Å². The normalized spacial score (nSPS) is 12.1. The summed E-state index contributed by atoms with van der Waals surface area (Å²) in [6.45, 7) is 20.4. The smallest absolute Gasteiger partial charge is 0.333 e. The number of ether oxygens (including phenoxy) is 1. The number of rotatable bonds is 20. The van der Waals surface area contributed by atoms with Gasteiger partial charge in [-0.25, -0.2) is 4.85 Å². The Morgan fingerprint density at radius 3 is 1.66 bits per heavy atom. The topological polar surface area (TPSA) is 105 Å². The Morgan fingerprint density at radius 2 is 1.23 bits per heavy atom. The molecule has 3 aromatic carbocycles. The second kappa shape index (κ2) is 20.9. The second-order valence-corrected chi connectivity index (χ2v) is 19.3. The highest BCUT2D eigenvalue weighted by molar-refractivity contribution is 7.21. The third kappa shape index (κ3) is 10.0. The highest BCUT2D eigenvalue weighted by Gasteiger charge is 2.25. The molecular formula is C54H55N5O4S2. The molecule has 0 aliphatic carbocycles. The SMILES string of the molecule is [C-]#[N+]/C(=C\c1c2ccccc2c(-c2ccc(N(c3ccc(C(C)(C)C)cc3)c3ccc(-c4c5ccccc5c(/C=C(\C#N)OC=O)n4CCCCCC)s3)s2)n1CCCCCC)C(=O)O. The van der Waals surface area contributed by atoms with Crippen LogP contribution in [0.1, 0.15) is 103 Å². The number of hydrogen-bond donors (Lipinski definition) is 1. The molecule has 7 aromatic rings. The zero-order chi connectivity index (χ0) is 46.1. The lowest BCUT2D eigenvalue weighted by molar-refractivity contribution is -0.132. The maximum atomic E-state index is 12.2. The van der Waals surface area contributed by atoms with Crippen molar-refractivity contribution < 1.29 is 19.4 Å². The van der Waals surface area contributed by atoms with Crippen molar-refractivity contribution in [2.24, 2.45) is 0 Å². The molecule has 0 unspecified atom stereocenters. The van der Waals surface area contributed by atoms with E-state index in [1.54, 1.807) is 28.7 Å². The summed E-state index contributed by atoms with van der Waals surface area (Å²) < 4.78 is 9.61. The van der Waals surface area contributed by atoms with Crippen LogP contribution >= 0.6 is 22.7 Å². The van der Waals surface area contributed by atoms with Crippen LogP contribution in [0.3, 0.4) is 0 Å². The van der Waals surface area contributed by atoms with E-state index >= 15 is 0 Å². The van der Waals surface area contributed by atoms with E-state index in [1.165, 1.54) is 11.6 Å². The van der Waals surface area contributed by atoms with Gasteiger partial charge in [0.2, 0.25) is 5.76 Å².